The quantitative estimate of drug-likeness (QED) is 0.818. The number of aromatic nitrogens is 1. The number of rotatable bonds is 7. The van der Waals surface area contributed by atoms with Gasteiger partial charge in [0.15, 0.2) is 11.6 Å². The van der Waals surface area contributed by atoms with Crippen molar-refractivity contribution in [2.45, 2.75) is 26.3 Å². The van der Waals surface area contributed by atoms with E-state index in [0.29, 0.717) is 18.8 Å². The fraction of sp³-hybridized carbons (Fsp3) is 0.333. The van der Waals surface area contributed by atoms with E-state index in [9.17, 15) is 9.18 Å². The van der Waals surface area contributed by atoms with Crippen molar-refractivity contribution >= 4 is 11.7 Å². The molecular weight excluding hydrogens is 309 g/mol. The summed E-state index contributed by atoms with van der Waals surface area (Å²) in [5.41, 5.74) is 1.84. The number of hydrogen-bond donors (Lipinski definition) is 2. The van der Waals surface area contributed by atoms with Crippen LogP contribution in [-0.2, 0) is 4.79 Å². The minimum Gasteiger partial charge on any atom is -0.494 e. The highest BCUT2D eigenvalue weighted by Crippen LogP contribution is 2.21. The third-order valence-corrected chi connectivity index (χ3v) is 3.66. The maximum absolute atomic E-state index is 13.7. The van der Waals surface area contributed by atoms with Crippen LogP contribution in [0.5, 0.6) is 5.75 Å². The Morgan fingerprint density at radius 2 is 2.12 bits per heavy atom. The Morgan fingerprint density at radius 1 is 1.33 bits per heavy atom. The monoisotopic (exact) mass is 331 g/mol. The highest BCUT2D eigenvalue weighted by molar-refractivity contribution is 5.89. The average molecular weight is 331 g/mol. The number of nitrogens with one attached hydrogen (secondary N) is 2. The van der Waals surface area contributed by atoms with Crippen molar-refractivity contribution in [2.75, 3.05) is 19.0 Å². The molecule has 128 valence electrons. The molecular formula is C18H22FN3O2. The molecule has 2 rings (SSSR count). The first-order chi connectivity index (χ1) is 11.5. The minimum absolute atomic E-state index is 0.0734. The Labute approximate surface area is 141 Å². The molecule has 0 aliphatic rings. The summed E-state index contributed by atoms with van der Waals surface area (Å²) >= 11 is 0. The number of halogens is 1. The number of aryl methyl sites for hydroxylation is 1. The van der Waals surface area contributed by atoms with Gasteiger partial charge < -0.3 is 15.4 Å². The Hall–Kier alpha value is -2.47. The molecule has 1 aromatic heterocycles. The number of carbonyl (C=O) groups excluding carboxylic acids is 1. The summed E-state index contributed by atoms with van der Waals surface area (Å²) < 4.78 is 18.6. The van der Waals surface area contributed by atoms with Gasteiger partial charge in [0, 0.05) is 25.2 Å². The second-order valence-electron chi connectivity index (χ2n) is 5.59. The van der Waals surface area contributed by atoms with Crippen molar-refractivity contribution in [3.8, 4) is 5.75 Å². The molecule has 1 atom stereocenters. The van der Waals surface area contributed by atoms with Crippen LogP contribution in [0.4, 0.5) is 10.2 Å². The maximum atomic E-state index is 13.7. The fourth-order valence-corrected chi connectivity index (χ4v) is 2.22. The molecule has 0 aliphatic carbocycles. The summed E-state index contributed by atoms with van der Waals surface area (Å²) in [5.74, 6) is 0.241. The first-order valence-electron chi connectivity index (χ1n) is 7.79. The van der Waals surface area contributed by atoms with E-state index in [1.807, 2.05) is 19.9 Å². The van der Waals surface area contributed by atoms with Gasteiger partial charge in [-0.15, -0.1) is 0 Å². The predicted molar refractivity (Wildman–Crippen MR) is 91.6 cm³/mol. The first kappa shape index (κ1) is 17.9. The fourth-order valence-electron chi connectivity index (χ4n) is 2.22. The zero-order valence-electron chi connectivity index (χ0n) is 14.1. The van der Waals surface area contributed by atoms with Crippen LogP contribution in [0.25, 0.3) is 0 Å². The van der Waals surface area contributed by atoms with E-state index in [2.05, 4.69) is 15.6 Å². The smallest absolute Gasteiger partial charge is 0.226 e. The van der Waals surface area contributed by atoms with Crippen LogP contribution in [0, 0.1) is 12.7 Å². The largest absolute Gasteiger partial charge is 0.494 e. The SMILES string of the molecule is COc1ccc([C@@H](C)NCCC(=O)Nc2ccc(C)cn2)cc1F. The van der Waals surface area contributed by atoms with E-state index in [0.717, 1.165) is 11.1 Å². The molecule has 1 aromatic carbocycles. The number of hydrogen-bond acceptors (Lipinski definition) is 4. The molecule has 0 radical (unpaired) electrons. The molecule has 24 heavy (non-hydrogen) atoms. The van der Waals surface area contributed by atoms with Gasteiger partial charge in [-0.2, -0.15) is 0 Å². The Bertz CT molecular complexity index is 689. The molecule has 5 nitrogen and oxygen atoms in total. The molecule has 0 unspecified atom stereocenters. The number of pyridine rings is 1. The van der Waals surface area contributed by atoms with Crippen molar-refractivity contribution in [2.24, 2.45) is 0 Å². The zero-order valence-corrected chi connectivity index (χ0v) is 14.1. The summed E-state index contributed by atoms with van der Waals surface area (Å²) in [6.07, 6.45) is 2.01. The number of methoxy groups -OCH3 is 1. The second kappa shape index (κ2) is 8.40. The molecule has 0 saturated carbocycles. The maximum Gasteiger partial charge on any atom is 0.226 e. The van der Waals surface area contributed by atoms with E-state index in [-0.39, 0.29) is 17.7 Å². The highest BCUT2D eigenvalue weighted by Gasteiger charge is 2.10. The van der Waals surface area contributed by atoms with E-state index in [4.69, 9.17) is 4.74 Å². The van der Waals surface area contributed by atoms with Gasteiger partial charge in [0.05, 0.1) is 7.11 Å². The Kier molecular flexibility index (Phi) is 6.26. The standard InChI is InChI=1S/C18H22FN3O2/c1-12-4-7-17(21-11-12)22-18(23)8-9-20-13(2)14-5-6-16(24-3)15(19)10-14/h4-7,10-11,13,20H,8-9H2,1-3H3,(H,21,22,23)/t13-/m1/s1. The van der Waals surface area contributed by atoms with E-state index >= 15 is 0 Å². The van der Waals surface area contributed by atoms with Crippen LogP contribution in [0.15, 0.2) is 36.5 Å². The van der Waals surface area contributed by atoms with Gasteiger partial charge in [0.25, 0.3) is 0 Å². The zero-order chi connectivity index (χ0) is 17.5. The summed E-state index contributed by atoms with van der Waals surface area (Å²) in [6.45, 7) is 4.33. The lowest BCUT2D eigenvalue weighted by atomic mass is 10.1. The first-order valence-corrected chi connectivity index (χ1v) is 7.79. The molecule has 2 aromatic rings. The van der Waals surface area contributed by atoms with Crippen molar-refractivity contribution in [3.05, 3.63) is 53.5 Å². The van der Waals surface area contributed by atoms with Crippen LogP contribution in [0.3, 0.4) is 0 Å². The van der Waals surface area contributed by atoms with E-state index < -0.39 is 5.82 Å². The summed E-state index contributed by atoms with van der Waals surface area (Å²) in [4.78, 5) is 16.0. The van der Waals surface area contributed by atoms with Gasteiger partial charge in [-0.25, -0.2) is 9.37 Å². The lowest BCUT2D eigenvalue weighted by Gasteiger charge is -2.15. The number of benzene rings is 1. The van der Waals surface area contributed by atoms with Crippen molar-refractivity contribution in [3.63, 3.8) is 0 Å². The normalized spacial score (nSPS) is 11.8. The van der Waals surface area contributed by atoms with Crippen molar-refractivity contribution < 1.29 is 13.9 Å². The van der Waals surface area contributed by atoms with Crippen LogP contribution < -0.4 is 15.4 Å². The number of nitrogens with zero attached hydrogens (tertiary/aromatic N) is 1. The van der Waals surface area contributed by atoms with Crippen molar-refractivity contribution in [1.82, 2.24) is 10.3 Å². The van der Waals surface area contributed by atoms with Gasteiger partial charge in [-0.1, -0.05) is 12.1 Å². The molecule has 1 amide bonds. The van der Waals surface area contributed by atoms with E-state index in [1.54, 1.807) is 24.4 Å². The Morgan fingerprint density at radius 3 is 2.75 bits per heavy atom. The number of anilines is 1. The van der Waals surface area contributed by atoms with Crippen LogP contribution in [0.2, 0.25) is 0 Å². The van der Waals surface area contributed by atoms with Gasteiger partial charge in [-0.3, -0.25) is 4.79 Å². The molecule has 0 spiro atoms. The van der Waals surface area contributed by atoms with Gasteiger partial charge in [0.1, 0.15) is 5.82 Å². The lowest BCUT2D eigenvalue weighted by Crippen LogP contribution is -2.24. The molecule has 2 N–H and O–H groups in total. The molecule has 6 heteroatoms. The third kappa shape index (κ3) is 5.03. The minimum atomic E-state index is -0.396. The average Bonchev–Trinajstić information content (AvgIpc) is 2.56. The van der Waals surface area contributed by atoms with Crippen LogP contribution in [0.1, 0.15) is 30.5 Å². The summed E-state index contributed by atoms with van der Waals surface area (Å²) in [6, 6.07) is 8.42. The number of carbonyl (C=O) groups is 1. The second-order valence-corrected chi connectivity index (χ2v) is 5.59. The molecule has 1 heterocycles. The number of ether oxygens (including phenoxy) is 1. The molecule has 0 aliphatic heterocycles. The number of amides is 1. The summed E-state index contributed by atoms with van der Waals surface area (Å²) in [7, 11) is 1.43. The van der Waals surface area contributed by atoms with Gasteiger partial charge in [0.2, 0.25) is 5.91 Å². The molecule has 0 fully saturated rings. The van der Waals surface area contributed by atoms with Crippen molar-refractivity contribution in [1.29, 1.82) is 0 Å². The van der Waals surface area contributed by atoms with Gasteiger partial charge >= 0.3 is 0 Å². The van der Waals surface area contributed by atoms with Gasteiger partial charge in [-0.05, 0) is 43.2 Å². The third-order valence-electron chi connectivity index (χ3n) is 3.66. The Balaban J connectivity index is 1.79. The summed E-state index contributed by atoms with van der Waals surface area (Å²) in [5, 5.41) is 5.94. The molecule has 0 saturated heterocycles. The van der Waals surface area contributed by atoms with Crippen LogP contribution in [-0.4, -0.2) is 24.5 Å². The highest BCUT2D eigenvalue weighted by atomic mass is 19.1. The predicted octanol–water partition coefficient (Wildman–Crippen LogP) is 3.22. The topological polar surface area (TPSA) is 63.2 Å². The van der Waals surface area contributed by atoms with E-state index in [1.165, 1.54) is 13.2 Å². The lowest BCUT2D eigenvalue weighted by molar-refractivity contribution is -0.116. The molecule has 0 bridgehead atoms. The van der Waals surface area contributed by atoms with Crippen LogP contribution >= 0.6 is 0 Å².